The number of hydrogen-bond donors (Lipinski definition) is 1. The van der Waals surface area contributed by atoms with E-state index >= 15 is 0 Å². The SMILES string of the molecule is CCCN(C(=O)CNCC1CC1)C(C)c1cc2ccccc2o1. The highest BCUT2D eigenvalue weighted by Gasteiger charge is 2.25. The first-order chi connectivity index (χ1) is 11.2. The molecule has 1 aromatic carbocycles. The molecule has 124 valence electrons. The third kappa shape index (κ3) is 3.94. The maximum Gasteiger partial charge on any atom is 0.237 e. The summed E-state index contributed by atoms with van der Waals surface area (Å²) < 4.78 is 5.95. The topological polar surface area (TPSA) is 45.5 Å². The average molecular weight is 314 g/mol. The Morgan fingerprint density at radius 2 is 2.17 bits per heavy atom. The summed E-state index contributed by atoms with van der Waals surface area (Å²) >= 11 is 0. The molecule has 1 atom stereocenters. The summed E-state index contributed by atoms with van der Waals surface area (Å²) in [4.78, 5) is 14.5. The van der Waals surface area contributed by atoms with E-state index in [1.807, 2.05) is 42.2 Å². The summed E-state index contributed by atoms with van der Waals surface area (Å²) in [5.41, 5.74) is 0.880. The van der Waals surface area contributed by atoms with Gasteiger partial charge >= 0.3 is 0 Å². The Morgan fingerprint density at radius 1 is 1.39 bits per heavy atom. The second-order valence-electron chi connectivity index (χ2n) is 6.52. The third-order valence-electron chi connectivity index (χ3n) is 4.51. The zero-order chi connectivity index (χ0) is 16.2. The Morgan fingerprint density at radius 3 is 2.87 bits per heavy atom. The van der Waals surface area contributed by atoms with Crippen molar-refractivity contribution in [3.63, 3.8) is 0 Å². The summed E-state index contributed by atoms with van der Waals surface area (Å²) in [7, 11) is 0. The van der Waals surface area contributed by atoms with Gasteiger partial charge in [-0.15, -0.1) is 0 Å². The third-order valence-corrected chi connectivity index (χ3v) is 4.51. The molecule has 1 N–H and O–H groups in total. The first kappa shape index (κ1) is 16.1. The first-order valence-corrected chi connectivity index (χ1v) is 8.67. The predicted octanol–water partition coefficient (Wildman–Crippen LogP) is 3.73. The molecule has 1 unspecified atom stereocenters. The minimum absolute atomic E-state index is 0.0439. The molecule has 1 amide bonds. The Bertz CT molecular complexity index is 627. The monoisotopic (exact) mass is 314 g/mol. The molecule has 0 aliphatic heterocycles. The summed E-state index contributed by atoms with van der Waals surface area (Å²) in [5, 5.41) is 4.39. The fourth-order valence-corrected chi connectivity index (χ4v) is 2.94. The van der Waals surface area contributed by atoms with Crippen molar-refractivity contribution in [2.24, 2.45) is 5.92 Å². The number of nitrogens with one attached hydrogen (secondary N) is 1. The molecule has 0 spiro atoms. The van der Waals surface area contributed by atoms with Gasteiger partial charge in [0.2, 0.25) is 5.91 Å². The molecule has 1 aliphatic carbocycles. The largest absolute Gasteiger partial charge is 0.459 e. The number of hydrogen-bond acceptors (Lipinski definition) is 3. The van der Waals surface area contributed by atoms with E-state index in [1.54, 1.807) is 0 Å². The molecule has 0 bridgehead atoms. The maximum atomic E-state index is 12.6. The smallest absolute Gasteiger partial charge is 0.237 e. The lowest BCUT2D eigenvalue weighted by molar-refractivity contribution is -0.132. The molecule has 2 aromatic rings. The molecular weight excluding hydrogens is 288 g/mol. The molecular formula is C19H26N2O2. The van der Waals surface area contributed by atoms with Crippen LogP contribution in [0.5, 0.6) is 0 Å². The second-order valence-corrected chi connectivity index (χ2v) is 6.52. The molecule has 1 aliphatic rings. The van der Waals surface area contributed by atoms with Crippen LogP contribution in [0.25, 0.3) is 11.0 Å². The van der Waals surface area contributed by atoms with Crippen molar-refractivity contribution in [1.29, 1.82) is 0 Å². The van der Waals surface area contributed by atoms with Crippen molar-refractivity contribution in [2.45, 2.75) is 39.2 Å². The van der Waals surface area contributed by atoms with Gasteiger partial charge in [-0.05, 0) is 50.8 Å². The molecule has 1 heterocycles. The molecule has 1 saturated carbocycles. The number of para-hydroxylation sites is 1. The van der Waals surface area contributed by atoms with Crippen molar-refractivity contribution in [3.05, 3.63) is 36.1 Å². The predicted molar refractivity (Wildman–Crippen MR) is 92.2 cm³/mol. The van der Waals surface area contributed by atoms with Crippen LogP contribution in [-0.2, 0) is 4.79 Å². The van der Waals surface area contributed by atoms with Crippen molar-refractivity contribution >= 4 is 16.9 Å². The van der Waals surface area contributed by atoms with Crippen LogP contribution in [0.3, 0.4) is 0 Å². The number of benzene rings is 1. The van der Waals surface area contributed by atoms with Gasteiger partial charge in [-0.3, -0.25) is 4.79 Å². The molecule has 4 nitrogen and oxygen atoms in total. The van der Waals surface area contributed by atoms with Crippen LogP contribution in [0.15, 0.2) is 34.7 Å². The van der Waals surface area contributed by atoms with Gasteiger partial charge in [0.25, 0.3) is 0 Å². The fourth-order valence-electron chi connectivity index (χ4n) is 2.94. The number of amides is 1. The Kier molecular flexibility index (Phi) is 5.01. The molecule has 0 saturated heterocycles. The number of carbonyl (C=O) groups excluding carboxylic acids is 1. The lowest BCUT2D eigenvalue weighted by Gasteiger charge is -2.28. The highest BCUT2D eigenvalue weighted by Crippen LogP contribution is 2.28. The summed E-state index contributed by atoms with van der Waals surface area (Å²) in [6.07, 6.45) is 3.55. The molecule has 4 heteroatoms. The van der Waals surface area contributed by atoms with E-state index in [-0.39, 0.29) is 11.9 Å². The quantitative estimate of drug-likeness (QED) is 0.807. The lowest BCUT2D eigenvalue weighted by atomic mass is 10.2. The van der Waals surface area contributed by atoms with Crippen molar-refractivity contribution in [2.75, 3.05) is 19.6 Å². The maximum absolute atomic E-state index is 12.6. The summed E-state index contributed by atoms with van der Waals surface area (Å²) in [5.74, 6) is 1.80. The van der Waals surface area contributed by atoms with Gasteiger partial charge < -0.3 is 14.6 Å². The van der Waals surface area contributed by atoms with E-state index in [9.17, 15) is 4.79 Å². The number of furan rings is 1. The minimum atomic E-state index is -0.0439. The van der Waals surface area contributed by atoms with Gasteiger partial charge in [0.05, 0.1) is 12.6 Å². The van der Waals surface area contributed by atoms with E-state index in [0.717, 1.165) is 42.2 Å². The number of fused-ring (bicyclic) bond motifs is 1. The Balaban J connectivity index is 1.68. The fraction of sp³-hybridized carbons (Fsp3) is 0.526. The van der Waals surface area contributed by atoms with Crippen LogP contribution >= 0.6 is 0 Å². The highest BCUT2D eigenvalue weighted by atomic mass is 16.3. The highest BCUT2D eigenvalue weighted by molar-refractivity contribution is 5.80. The summed E-state index contributed by atoms with van der Waals surface area (Å²) in [6.45, 7) is 6.28. The van der Waals surface area contributed by atoms with Crippen LogP contribution in [-0.4, -0.2) is 30.4 Å². The van der Waals surface area contributed by atoms with Gasteiger partial charge in [0, 0.05) is 11.9 Å². The zero-order valence-electron chi connectivity index (χ0n) is 14.0. The van der Waals surface area contributed by atoms with Gasteiger partial charge in [-0.1, -0.05) is 25.1 Å². The minimum Gasteiger partial charge on any atom is -0.459 e. The van der Waals surface area contributed by atoms with Crippen LogP contribution in [0.2, 0.25) is 0 Å². The van der Waals surface area contributed by atoms with Crippen molar-refractivity contribution in [3.8, 4) is 0 Å². The number of nitrogens with zero attached hydrogens (tertiary/aromatic N) is 1. The van der Waals surface area contributed by atoms with Gasteiger partial charge in [-0.25, -0.2) is 0 Å². The standard InChI is InChI=1S/C19H26N2O2/c1-3-10-21(19(22)13-20-12-15-8-9-15)14(2)18-11-16-6-4-5-7-17(16)23-18/h4-7,11,14-15,20H,3,8-10,12-13H2,1-2H3. The Labute approximate surface area is 137 Å². The molecule has 1 aromatic heterocycles. The van der Waals surface area contributed by atoms with E-state index in [2.05, 4.69) is 12.2 Å². The second kappa shape index (κ2) is 7.18. The van der Waals surface area contributed by atoms with Crippen molar-refractivity contribution < 1.29 is 9.21 Å². The molecule has 1 fully saturated rings. The Hall–Kier alpha value is -1.81. The van der Waals surface area contributed by atoms with Crippen molar-refractivity contribution in [1.82, 2.24) is 10.2 Å². The van der Waals surface area contributed by atoms with E-state index in [1.165, 1.54) is 12.8 Å². The molecule has 23 heavy (non-hydrogen) atoms. The normalized spacial score (nSPS) is 15.7. The van der Waals surface area contributed by atoms with E-state index in [4.69, 9.17) is 4.42 Å². The lowest BCUT2D eigenvalue weighted by Crippen LogP contribution is -2.40. The van der Waals surface area contributed by atoms with Crippen LogP contribution < -0.4 is 5.32 Å². The summed E-state index contributed by atoms with van der Waals surface area (Å²) in [6, 6.07) is 9.98. The van der Waals surface area contributed by atoms with E-state index < -0.39 is 0 Å². The average Bonchev–Trinajstić information content (AvgIpc) is 3.27. The molecule has 3 rings (SSSR count). The van der Waals surface area contributed by atoms with E-state index in [0.29, 0.717) is 6.54 Å². The first-order valence-electron chi connectivity index (χ1n) is 8.67. The van der Waals surface area contributed by atoms with Crippen LogP contribution in [0.4, 0.5) is 0 Å². The van der Waals surface area contributed by atoms with Crippen LogP contribution in [0.1, 0.15) is 44.9 Å². The van der Waals surface area contributed by atoms with Crippen LogP contribution in [0, 0.1) is 5.92 Å². The van der Waals surface area contributed by atoms with Gasteiger partial charge in [-0.2, -0.15) is 0 Å². The zero-order valence-corrected chi connectivity index (χ0v) is 14.0. The molecule has 0 radical (unpaired) electrons. The van der Waals surface area contributed by atoms with Gasteiger partial charge in [0.1, 0.15) is 11.3 Å². The van der Waals surface area contributed by atoms with Gasteiger partial charge in [0.15, 0.2) is 0 Å². The number of carbonyl (C=O) groups is 1. The number of rotatable bonds is 8.